The molecule has 0 aromatic heterocycles. The van der Waals surface area contributed by atoms with Crippen LogP contribution < -0.4 is 9.47 Å². The summed E-state index contributed by atoms with van der Waals surface area (Å²) in [6.07, 6.45) is 1.75. The van der Waals surface area contributed by atoms with Gasteiger partial charge in [0.2, 0.25) is 0 Å². The number of hydrogen-bond acceptors (Lipinski definition) is 4. The minimum Gasteiger partial charge on any atom is -0.486 e. The lowest BCUT2D eigenvalue weighted by Gasteiger charge is -2.25. The Morgan fingerprint density at radius 1 is 1.40 bits per heavy atom. The lowest BCUT2D eigenvalue weighted by Crippen LogP contribution is -2.37. The van der Waals surface area contributed by atoms with Crippen molar-refractivity contribution in [3.05, 3.63) is 22.7 Å². The monoisotopic (exact) mass is 297 g/mol. The number of halogens is 1. The van der Waals surface area contributed by atoms with E-state index in [-0.39, 0.29) is 18.6 Å². The molecule has 0 bridgehead atoms. The summed E-state index contributed by atoms with van der Waals surface area (Å²) < 4.78 is 10.9. The molecule has 2 aliphatic heterocycles. The van der Waals surface area contributed by atoms with Gasteiger partial charge in [-0.05, 0) is 25.0 Å². The van der Waals surface area contributed by atoms with Crippen molar-refractivity contribution in [2.75, 3.05) is 26.4 Å². The molecule has 1 atom stereocenters. The topological polar surface area (TPSA) is 59.0 Å². The van der Waals surface area contributed by atoms with Crippen molar-refractivity contribution in [3.8, 4) is 11.5 Å². The van der Waals surface area contributed by atoms with Gasteiger partial charge in [0.1, 0.15) is 13.2 Å². The first-order valence-electron chi connectivity index (χ1n) is 6.71. The fraction of sp³-hybridized carbons (Fsp3) is 0.500. The first-order chi connectivity index (χ1) is 9.70. The summed E-state index contributed by atoms with van der Waals surface area (Å²) in [7, 11) is 0. The van der Waals surface area contributed by atoms with Crippen LogP contribution in [0.1, 0.15) is 23.2 Å². The van der Waals surface area contributed by atoms with Crippen LogP contribution in [0, 0.1) is 0 Å². The summed E-state index contributed by atoms with van der Waals surface area (Å²) in [5.74, 6) is 0.877. The lowest BCUT2D eigenvalue weighted by molar-refractivity contribution is 0.0676. The number of aliphatic hydroxyl groups excluding tert-OH is 1. The predicted molar refractivity (Wildman–Crippen MR) is 73.6 cm³/mol. The van der Waals surface area contributed by atoms with Crippen LogP contribution in [-0.4, -0.2) is 48.3 Å². The number of likely N-dealkylation sites (tertiary alicyclic amines) is 1. The van der Waals surface area contributed by atoms with Crippen molar-refractivity contribution in [1.82, 2.24) is 4.90 Å². The quantitative estimate of drug-likeness (QED) is 0.903. The Bertz CT molecular complexity index is 534. The van der Waals surface area contributed by atoms with Crippen molar-refractivity contribution < 1.29 is 19.4 Å². The molecule has 2 heterocycles. The van der Waals surface area contributed by atoms with Gasteiger partial charge in [0.05, 0.1) is 17.7 Å². The molecule has 1 fully saturated rings. The van der Waals surface area contributed by atoms with Crippen molar-refractivity contribution >= 4 is 17.5 Å². The fourth-order valence-corrected chi connectivity index (χ4v) is 2.96. The van der Waals surface area contributed by atoms with Crippen LogP contribution in [0.2, 0.25) is 5.02 Å². The average molecular weight is 298 g/mol. The standard InChI is InChI=1S/C14H16ClNO4/c15-11-6-9(7-12-13(11)20-5-4-19-12)14(18)16-3-1-2-10(16)8-17/h6-7,10,17H,1-5,8H2. The maximum Gasteiger partial charge on any atom is 0.254 e. The van der Waals surface area contributed by atoms with E-state index in [4.69, 9.17) is 21.1 Å². The fourth-order valence-electron chi connectivity index (χ4n) is 2.69. The molecule has 108 valence electrons. The van der Waals surface area contributed by atoms with Crippen LogP contribution in [0.5, 0.6) is 11.5 Å². The van der Waals surface area contributed by atoms with Gasteiger partial charge in [0.15, 0.2) is 11.5 Å². The molecular formula is C14H16ClNO4. The Kier molecular flexibility index (Phi) is 3.72. The molecule has 3 rings (SSSR count). The van der Waals surface area contributed by atoms with Crippen LogP contribution >= 0.6 is 11.6 Å². The van der Waals surface area contributed by atoms with Gasteiger partial charge in [-0.2, -0.15) is 0 Å². The summed E-state index contributed by atoms with van der Waals surface area (Å²) in [4.78, 5) is 14.2. The maximum atomic E-state index is 12.5. The van der Waals surface area contributed by atoms with E-state index >= 15 is 0 Å². The molecule has 1 N–H and O–H groups in total. The van der Waals surface area contributed by atoms with Gasteiger partial charge in [-0.1, -0.05) is 11.6 Å². The molecule has 1 aromatic rings. The van der Waals surface area contributed by atoms with E-state index in [1.807, 2.05) is 0 Å². The zero-order valence-corrected chi connectivity index (χ0v) is 11.7. The van der Waals surface area contributed by atoms with E-state index in [0.717, 1.165) is 12.8 Å². The lowest BCUT2D eigenvalue weighted by atomic mass is 10.1. The van der Waals surface area contributed by atoms with Gasteiger partial charge in [-0.15, -0.1) is 0 Å². The molecule has 0 spiro atoms. The Labute approximate surface area is 122 Å². The van der Waals surface area contributed by atoms with E-state index in [2.05, 4.69) is 0 Å². The summed E-state index contributed by atoms with van der Waals surface area (Å²) >= 11 is 6.14. The van der Waals surface area contributed by atoms with Gasteiger partial charge in [-0.25, -0.2) is 0 Å². The molecule has 1 amide bonds. The molecule has 6 heteroatoms. The van der Waals surface area contributed by atoms with Gasteiger partial charge < -0.3 is 19.5 Å². The molecule has 0 radical (unpaired) electrons. The number of benzene rings is 1. The molecule has 2 aliphatic rings. The number of rotatable bonds is 2. The van der Waals surface area contributed by atoms with Crippen LogP contribution in [0.25, 0.3) is 0 Å². The molecule has 20 heavy (non-hydrogen) atoms. The Morgan fingerprint density at radius 2 is 2.20 bits per heavy atom. The summed E-state index contributed by atoms with van der Waals surface area (Å²) in [6.45, 7) is 1.56. The predicted octanol–water partition coefficient (Wildman–Crippen LogP) is 1.71. The third-order valence-corrected chi connectivity index (χ3v) is 3.97. The second kappa shape index (κ2) is 5.50. The smallest absolute Gasteiger partial charge is 0.254 e. The Balaban J connectivity index is 1.90. The molecule has 1 unspecified atom stereocenters. The second-order valence-corrected chi connectivity index (χ2v) is 5.37. The molecule has 5 nitrogen and oxygen atoms in total. The number of aliphatic hydroxyl groups is 1. The minimum absolute atomic E-state index is 0.00990. The van der Waals surface area contributed by atoms with E-state index in [0.29, 0.717) is 41.8 Å². The highest BCUT2D eigenvalue weighted by atomic mass is 35.5. The number of carbonyl (C=O) groups excluding carboxylic acids is 1. The SMILES string of the molecule is O=C(c1cc(Cl)c2c(c1)OCCO2)N1CCCC1CO. The van der Waals surface area contributed by atoms with Crippen molar-refractivity contribution in [2.45, 2.75) is 18.9 Å². The van der Waals surface area contributed by atoms with Crippen LogP contribution in [0.4, 0.5) is 0 Å². The molecule has 0 saturated carbocycles. The minimum atomic E-state index is -0.125. The first kappa shape index (κ1) is 13.5. The first-order valence-corrected chi connectivity index (χ1v) is 7.09. The van der Waals surface area contributed by atoms with Crippen LogP contribution in [0.3, 0.4) is 0 Å². The molecule has 0 aliphatic carbocycles. The van der Waals surface area contributed by atoms with E-state index < -0.39 is 0 Å². The normalized spacial score (nSPS) is 21.1. The van der Waals surface area contributed by atoms with E-state index in [9.17, 15) is 9.90 Å². The highest BCUT2D eigenvalue weighted by Crippen LogP contribution is 2.38. The number of nitrogens with zero attached hydrogens (tertiary/aromatic N) is 1. The third kappa shape index (κ3) is 2.31. The Hall–Kier alpha value is -1.46. The second-order valence-electron chi connectivity index (χ2n) is 4.96. The highest BCUT2D eigenvalue weighted by molar-refractivity contribution is 6.32. The Morgan fingerprint density at radius 3 is 3.00 bits per heavy atom. The summed E-state index contributed by atoms with van der Waals surface area (Å²) in [5, 5.41) is 9.69. The van der Waals surface area contributed by atoms with Crippen LogP contribution in [0.15, 0.2) is 12.1 Å². The maximum absolute atomic E-state index is 12.5. The molecular weight excluding hydrogens is 282 g/mol. The zero-order valence-electron chi connectivity index (χ0n) is 11.0. The summed E-state index contributed by atoms with van der Waals surface area (Å²) in [6, 6.07) is 3.16. The van der Waals surface area contributed by atoms with Gasteiger partial charge in [0, 0.05) is 12.1 Å². The number of carbonyl (C=O) groups is 1. The number of fused-ring (bicyclic) bond motifs is 1. The number of amides is 1. The largest absolute Gasteiger partial charge is 0.486 e. The van der Waals surface area contributed by atoms with Gasteiger partial charge in [-0.3, -0.25) is 4.79 Å². The number of hydrogen-bond donors (Lipinski definition) is 1. The van der Waals surface area contributed by atoms with E-state index in [1.54, 1.807) is 17.0 Å². The van der Waals surface area contributed by atoms with E-state index in [1.165, 1.54) is 0 Å². The average Bonchev–Trinajstić information content (AvgIpc) is 2.95. The summed E-state index contributed by atoms with van der Waals surface area (Å²) in [5.41, 5.74) is 0.472. The number of ether oxygens (including phenoxy) is 2. The van der Waals surface area contributed by atoms with Crippen molar-refractivity contribution in [3.63, 3.8) is 0 Å². The molecule has 1 aromatic carbocycles. The van der Waals surface area contributed by atoms with Gasteiger partial charge >= 0.3 is 0 Å². The van der Waals surface area contributed by atoms with Crippen molar-refractivity contribution in [1.29, 1.82) is 0 Å². The van der Waals surface area contributed by atoms with Gasteiger partial charge in [0.25, 0.3) is 5.91 Å². The van der Waals surface area contributed by atoms with Crippen LogP contribution in [-0.2, 0) is 0 Å². The third-order valence-electron chi connectivity index (χ3n) is 3.69. The molecule has 1 saturated heterocycles. The van der Waals surface area contributed by atoms with Crippen molar-refractivity contribution in [2.24, 2.45) is 0 Å². The zero-order chi connectivity index (χ0) is 14.1. The highest BCUT2D eigenvalue weighted by Gasteiger charge is 2.30.